The van der Waals surface area contributed by atoms with Crippen LogP contribution in [0.5, 0.6) is 11.5 Å². The van der Waals surface area contributed by atoms with Crippen molar-refractivity contribution in [2.75, 3.05) is 14.2 Å². The molecule has 0 saturated carbocycles. The maximum absolute atomic E-state index is 6.96. The summed E-state index contributed by atoms with van der Waals surface area (Å²) in [5.41, 5.74) is 40.5. The van der Waals surface area contributed by atoms with Gasteiger partial charge in [0.2, 0.25) is 0 Å². The quantitative estimate of drug-likeness (QED) is 0.106. The fourth-order valence-corrected chi connectivity index (χ4v) is 25.3. The third-order valence-electron chi connectivity index (χ3n) is 22.4. The molecular weight excluding hydrogens is 1280 g/mol. The van der Waals surface area contributed by atoms with E-state index in [1.165, 1.54) is 150 Å². The summed E-state index contributed by atoms with van der Waals surface area (Å²) in [6, 6.07) is 50.4. The summed E-state index contributed by atoms with van der Waals surface area (Å²) in [5, 5.41) is 0. The minimum absolute atomic E-state index is 0.0641. The molecule has 0 spiro atoms. The van der Waals surface area contributed by atoms with Gasteiger partial charge >= 0.3 is 0 Å². The van der Waals surface area contributed by atoms with E-state index in [4.69, 9.17) is 20.6 Å². The first-order chi connectivity index (χ1) is 46.7. The average molecular weight is 1400 g/mol. The van der Waals surface area contributed by atoms with Crippen LogP contribution in [0.15, 0.2) is 156 Å². The normalized spacial score (nSPS) is 16.8. The molecule has 3 unspecified atom stereocenters. The number of halogens is 1. The number of hydrogen-bond acceptors (Lipinski definition) is 2. The number of aryl methyl sites for hydroxylation is 1. The molecule has 5 heteroatoms. The highest BCUT2D eigenvalue weighted by Crippen LogP contribution is 2.58. The molecule has 8 aromatic carbocycles. The van der Waals surface area contributed by atoms with Gasteiger partial charge in [-0.3, -0.25) is 0 Å². The third kappa shape index (κ3) is 15.2. The van der Waals surface area contributed by atoms with Crippen molar-refractivity contribution in [1.29, 1.82) is 0 Å². The van der Waals surface area contributed by atoms with Gasteiger partial charge in [0.1, 0.15) is 11.5 Å². The Labute approximate surface area is 619 Å². The predicted molar refractivity (Wildman–Crippen MR) is 450 cm³/mol. The van der Waals surface area contributed by atoms with Crippen LogP contribution in [0, 0.1) is 13.8 Å². The number of hydrogen-bond donors (Lipinski definition) is 0. The topological polar surface area (TPSA) is 18.5 Å². The standard InChI is InChI=1S/C48H60OSi.C25H32O.C23H29ClSi/c1-29-21-22-36(33-25-34(46(4,5)6)27-35(26-33)47(7,8)9)37-24-31(3)45(41(29)37)50(14,15)44-30(2)23-38-39(44)28-40(48(10,11)12)43(49-13)42(38)32-19-17-16-18-20-32;1-16-11-21-20(9-10-23(26-8)22(21)12-16)17-13-18(24(2,3)4)15-19(14-17)25(5,6)7;1-15-13-18-19(22(15)25(6,7)24)14-20(23(3,4)5)16(2)21(18)17-11-9-8-10-12-17/h16-28,44-45H,1-15H3;9-10,12-15H,11H2,1-8H3;8-14,22H,1-7H3. The zero-order valence-electron chi connectivity index (χ0n) is 67.6. The molecule has 0 N–H and O–H groups in total. The average Bonchev–Trinajstić information content (AvgIpc) is 1.58. The van der Waals surface area contributed by atoms with Crippen molar-refractivity contribution in [3.8, 4) is 56.0 Å². The number of methoxy groups -OCH3 is 2. The lowest BCUT2D eigenvalue weighted by molar-refractivity contribution is 0.399. The van der Waals surface area contributed by atoms with Gasteiger partial charge < -0.3 is 9.47 Å². The van der Waals surface area contributed by atoms with Gasteiger partial charge in [0.25, 0.3) is 0 Å². The Morgan fingerprint density at radius 2 is 0.802 bits per heavy atom. The SMILES string of the molecule is CC1=Cc2c(cc(C(C)(C)C)c(C)c2-c2ccccc2)C1[Si](C)(C)Cl.COc1c(C(C)(C)C)cc2c(c1-c1ccccc1)C=C(C)C2[Si](C)(C)C1C(C)=Cc2c(-c3cc(C(C)(C)C)cc(C(C)(C)C)c3)ccc(C)c21.COc1ccc(-c2cc(C(C)(C)C)cc(C(C)(C)C)c2)c2c1C=C(C)C2. The maximum atomic E-state index is 6.96. The molecule has 0 aliphatic heterocycles. The van der Waals surface area contributed by atoms with E-state index in [2.05, 4.69) is 350 Å². The third-order valence-corrected chi connectivity index (χ3v) is 29.6. The summed E-state index contributed by atoms with van der Waals surface area (Å²) in [6.45, 7) is 65.4. The van der Waals surface area contributed by atoms with E-state index in [0.29, 0.717) is 16.6 Å². The Bertz CT molecular complexity index is 4560. The molecule has 101 heavy (non-hydrogen) atoms. The van der Waals surface area contributed by atoms with E-state index in [9.17, 15) is 0 Å². The van der Waals surface area contributed by atoms with Crippen molar-refractivity contribution in [2.45, 2.75) is 248 Å². The molecule has 0 saturated heterocycles. The van der Waals surface area contributed by atoms with Crippen molar-refractivity contribution < 1.29 is 9.47 Å². The van der Waals surface area contributed by atoms with Gasteiger partial charge in [-0.1, -0.05) is 325 Å². The molecule has 0 amide bonds. The molecule has 0 fully saturated rings. The van der Waals surface area contributed by atoms with Crippen LogP contribution in [0.1, 0.15) is 258 Å². The van der Waals surface area contributed by atoms with Gasteiger partial charge in [-0.25, -0.2) is 0 Å². The summed E-state index contributed by atoms with van der Waals surface area (Å²) in [7, 11) is -0.369. The summed E-state index contributed by atoms with van der Waals surface area (Å²) < 4.78 is 11.9. The van der Waals surface area contributed by atoms with Crippen LogP contribution < -0.4 is 9.47 Å². The number of fused-ring (bicyclic) bond motifs is 4. The number of ether oxygens (including phenoxy) is 2. The van der Waals surface area contributed by atoms with Crippen LogP contribution in [-0.4, -0.2) is 29.7 Å². The molecule has 8 aromatic rings. The largest absolute Gasteiger partial charge is 0.496 e. The van der Waals surface area contributed by atoms with Gasteiger partial charge in [0, 0.05) is 33.3 Å². The highest BCUT2D eigenvalue weighted by molar-refractivity contribution is 7.20. The summed E-state index contributed by atoms with van der Waals surface area (Å²) in [4.78, 5) is 0. The zero-order chi connectivity index (χ0) is 74.6. The monoisotopic (exact) mass is 1400 g/mol. The van der Waals surface area contributed by atoms with Crippen molar-refractivity contribution in [3.05, 3.63) is 245 Å². The van der Waals surface area contributed by atoms with E-state index >= 15 is 0 Å². The van der Waals surface area contributed by atoms with Crippen molar-refractivity contribution in [1.82, 2.24) is 0 Å². The van der Waals surface area contributed by atoms with Gasteiger partial charge in [-0.15, -0.1) is 0 Å². The Morgan fingerprint density at radius 1 is 0.386 bits per heavy atom. The molecule has 3 atom stereocenters. The first-order valence-electron chi connectivity index (χ1n) is 37.3. The Hall–Kier alpha value is -6.96. The number of allylic oxidation sites excluding steroid dienone is 4. The Kier molecular flexibility index (Phi) is 20.9. The minimum Gasteiger partial charge on any atom is -0.496 e. The number of benzene rings is 8. The lowest BCUT2D eigenvalue weighted by atomic mass is 9.78. The van der Waals surface area contributed by atoms with E-state index in [1.54, 1.807) is 12.7 Å². The Morgan fingerprint density at radius 3 is 1.26 bits per heavy atom. The van der Waals surface area contributed by atoms with E-state index in [-0.39, 0.29) is 32.5 Å². The van der Waals surface area contributed by atoms with Crippen LogP contribution in [0.3, 0.4) is 0 Å². The summed E-state index contributed by atoms with van der Waals surface area (Å²) in [5.74, 6) is 1.99. The van der Waals surface area contributed by atoms with Gasteiger partial charge in [0.15, 0.2) is 7.38 Å². The van der Waals surface area contributed by atoms with E-state index < -0.39 is 15.5 Å². The molecule has 0 heterocycles. The molecule has 532 valence electrons. The van der Waals surface area contributed by atoms with E-state index in [1.807, 2.05) is 7.11 Å². The van der Waals surface area contributed by atoms with Crippen molar-refractivity contribution in [2.24, 2.45) is 0 Å². The van der Waals surface area contributed by atoms with Crippen LogP contribution in [-0.2, 0) is 38.9 Å². The Balaban J connectivity index is 0.000000181. The van der Waals surface area contributed by atoms with Crippen molar-refractivity contribution >= 4 is 50.8 Å². The molecular formula is C96H121ClO2Si2. The molecule has 0 aromatic heterocycles. The molecule has 0 bridgehead atoms. The lowest BCUT2D eigenvalue weighted by Gasteiger charge is -2.40. The predicted octanol–water partition coefficient (Wildman–Crippen LogP) is 28.1. The van der Waals surface area contributed by atoms with E-state index in [0.717, 1.165) is 17.9 Å². The first-order valence-corrected chi connectivity index (χ1v) is 44.5. The molecule has 4 aliphatic rings. The second-order valence-electron chi connectivity index (χ2n) is 37.6. The molecule has 0 radical (unpaired) electrons. The van der Waals surface area contributed by atoms with Crippen LogP contribution in [0.25, 0.3) is 68.8 Å². The second kappa shape index (κ2) is 27.6. The number of rotatable bonds is 9. The fraction of sp³-hybridized carbons (Fsp3) is 0.417. The fourth-order valence-electron chi connectivity index (χ4n) is 17.3. The van der Waals surface area contributed by atoms with Gasteiger partial charge in [-0.2, -0.15) is 11.1 Å². The lowest BCUT2D eigenvalue weighted by Crippen LogP contribution is -2.42. The van der Waals surface area contributed by atoms with Crippen LogP contribution in [0.4, 0.5) is 0 Å². The second-order valence-corrected chi connectivity index (χ2v) is 49.0. The zero-order valence-corrected chi connectivity index (χ0v) is 70.4. The molecule has 4 aliphatic carbocycles. The maximum Gasteiger partial charge on any atom is 0.161 e. The minimum atomic E-state index is -2.11. The van der Waals surface area contributed by atoms with Crippen molar-refractivity contribution in [3.63, 3.8) is 0 Å². The smallest absolute Gasteiger partial charge is 0.161 e. The molecule has 2 nitrogen and oxygen atoms in total. The molecule has 12 rings (SSSR count). The highest BCUT2D eigenvalue weighted by Gasteiger charge is 2.49. The van der Waals surface area contributed by atoms with Crippen LogP contribution >= 0.6 is 11.1 Å². The highest BCUT2D eigenvalue weighted by atomic mass is 35.6. The first kappa shape index (κ1) is 76.7. The van der Waals surface area contributed by atoms with Crippen LogP contribution in [0.2, 0.25) is 26.2 Å². The summed E-state index contributed by atoms with van der Waals surface area (Å²) >= 11 is 6.96. The van der Waals surface area contributed by atoms with Gasteiger partial charge in [-0.05, 0) is 203 Å². The van der Waals surface area contributed by atoms with Gasteiger partial charge in [0.05, 0.1) is 22.3 Å². The summed E-state index contributed by atoms with van der Waals surface area (Å²) in [6.07, 6.45) is 10.7.